The molecule has 1 unspecified atom stereocenters. The van der Waals surface area contributed by atoms with Gasteiger partial charge in [-0.25, -0.2) is 8.42 Å². The van der Waals surface area contributed by atoms with E-state index in [-0.39, 0.29) is 23.4 Å². The predicted molar refractivity (Wildman–Crippen MR) is 168 cm³/mol. The summed E-state index contributed by atoms with van der Waals surface area (Å²) in [5.74, 6) is -0.617. The van der Waals surface area contributed by atoms with Crippen molar-refractivity contribution in [3.05, 3.63) is 94.5 Å². The molecule has 0 bridgehead atoms. The van der Waals surface area contributed by atoms with Gasteiger partial charge >= 0.3 is 0 Å². The minimum atomic E-state index is -4.10. The molecular formula is C34H43N3O4S. The molecule has 0 saturated heterocycles. The molecule has 1 aliphatic carbocycles. The number of rotatable bonds is 11. The van der Waals surface area contributed by atoms with Crippen LogP contribution < -0.4 is 9.62 Å². The minimum Gasteiger partial charge on any atom is -0.352 e. The summed E-state index contributed by atoms with van der Waals surface area (Å²) in [4.78, 5) is 29.6. The van der Waals surface area contributed by atoms with E-state index in [1.165, 1.54) is 4.31 Å². The molecule has 0 aromatic heterocycles. The lowest BCUT2D eigenvalue weighted by atomic mass is 10.1. The molecule has 0 spiro atoms. The number of carbonyl (C=O) groups is 2. The van der Waals surface area contributed by atoms with Crippen molar-refractivity contribution in [3.8, 4) is 0 Å². The van der Waals surface area contributed by atoms with Crippen molar-refractivity contribution in [1.29, 1.82) is 0 Å². The molecule has 0 aliphatic heterocycles. The number of nitrogens with zero attached hydrogens (tertiary/aromatic N) is 2. The van der Waals surface area contributed by atoms with Gasteiger partial charge in [0.25, 0.3) is 10.0 Å². The third kappa shape index (κ3) is 7.21. The van der Waals surface area contributed by atoms with Gasteiger partial charge in [-0.2, -0.15) is 0 Å². The maximum absolute atomic E-state index is 14.3. The Morgan fingerprint density at radius 3 is 2.14 bits per heavy atom. The van der Waals surface area contributed by atoms with Crippen molar-refractivity contribution in [3.63, 3.8) is 0 Å². The summed E-state index contributed by atoms with van der Waals surface area (Å²) in [6.45, 7) is 9.32. The summed E-state index contributed by atoms with van der Waals surface area (Å²) in [5.41, 5.74) is 5.03. The van der Waals surface area contributed by atoms with Gasteiger partial charge < -0.3 is 10.2 Å². The molecule has 1 fully saturated rings. The number of aryl methyl sites for hydroxylation is 4. The number of anilines is 1. The lowest BCUT2D eigenvalue weighted by Crippen LogP contribution is -2.53. The van der Waals surface area contributed by atoms with Crippen molar-refractivity contribution in [1.82, 2.24) is 10.2 Å². The van der Waals surface area contributed by atoms with E-state index in [1.807, 2.05) is 71.0 Å². The van der Waals surface area contributed by atoms with Gasteiger partial charge in [0.2, 0.25) is 11.8 Å². The summed E-state index contributed by atoms with van der Waals surface area (Å²) in [7, 11) is -4.10. The zero-order valence-electron chi connectivity index (χ0n) is 25.4. The molecule has 224 valence electrons. The van der Waals surface area contributed by atoms with E-state index in [0.717, 1.165) is 53.5 Å². The molecule has 42 heavy (non-hydrogen) atoms. The van der Waals surface area contributed by atoms with E-state index >= 15 is 0 Å². The largest absolute Gasteiger partial charge is 0.352 e. The van der Waals surface area contributed by atoms with E-state index in [1.54, 1.807) is 35.2 Å². The second kappa shape index (κ2) is 13.6. The van der Waals surface area contributed by atoms with Crippen molar-refractivity contribution in [2.24, 2.45) is 0 Å². The lowest BCUT2D eigenvalue weighted by Gasteiger charge is -2.34. The molecule has 8 heteroatoms. The second-order valence-electron chi connectivity index (χ2n) is 11.5. The van der Waals surface area contributed by atoms with Crippen LogP contribution in [0.5, 0.6) is 0 Å². The predicted octanol–water partition coefficient (Wildman–Crippen LogP) is 5.98. The van der Waals surface area contributed by atoms with E-state index in [4.69, 9.17) is 0 Å². The first kappa shape index (κ1) is 31.3. The topological polar surface area (TPSA) is 86.8 Å². The Balaban J connectivity index is 1.75. The maximum Gasteiger partial charge on any atom is 0.264 e. The fraction of sp³-hybridized carbons (Fsp3) is 0.412. The molecule has 4 rings (SSSR count). The third-order valence-electron chi connectivity index (χ3n) is 8.20. The molecule has 7 nitrogen and oxygen atoms in total. The fourth-order valence-electron chi connectivity index (χ4n) is 5.69. The Bertz CT molecular complexity index is 1510. The normalized spacial score (nSPS) is 14.4. The highest BCUT2D eigenvalue weighted by Crippen LogP contribution is 2.29. The Labute approximate surface area is 251 Å². The Kier molecular flexibility index (Phi) is 10.1. The Morgan fingerprint density at radius 1 is 0.881 bits per heavy atom. The highest BCUT2D eigenvalue weighted by atomic mass is 32.2. The first-order valence-corrected chi connectivity index (χ1v) is 16.3. The lowest BCUT2D eigenvalue weighted by molar-refractivity contribution is -0.140. The van der Waals surface area contributed by atoms with Crippen LogP contribution in [0.2, 0.25) is 0 Å². The van der Waals surface area contributed by atoms with Crippen molar-refractivity contribution >= 4 is 27.5 Å². The quantitative estimate of drug-likeness (QED) is 0.298. The van der Waals surface area contributed by atoms with Crippen LogP contribution in [0.3, 0.4) is 0 Å². The van der Waals surface area contributed by atoms with Crippen LogP contribution in [0.25, 0.3) is 0 Å². The van der Waals surface area contributed by atoms with Crippen LogP contribution in [0, 0.1) is 27.7 Å². The summed E-state index contributed by atoms with van der Waals surface area (Å²) >= 11 is 0. The van der Waals surface area contributed by atoms with Gasteiger partial charge in [-0.15, -0.1) is 0 Å². The number of hydrogen-bond acceptors (Lipinski definition) is 4. The first-order chi connectivity index (χ1) is 20.0. The Hall–Kier alpha value is -3.65. The van der Waals surface area contributed by atoms with Gasteiger partial charge in [-0.1, -0.05) is 79.4 Å². The molecule has 3 aromatic rings. The Morgan fingerprint density at radius 2 is 1.52 bits per heavy atom. The SMILES string of the molecule is CCC(C(=O)NC1CCCC1)N(Cc1ccccc1C)C(=O)CN(c1ccc(C)cc1C)S(=O)(=O)c1ccc(C)cc1. The van der Waals surface area contributed by atoms with Crippen LogP contribution in [0.1, 0.15) is 66.8 Å². The molecule has 3 aromatic carbocycles. The average molecular weight is 590 g/mol. The van der Waals surface area contributed by atoms with Gasteiger partial charge in [-0.3, -0.25) is 13.9 Å². The molecule has 0 heterocycles. The van der Waals surface area contributed by atoms with Gasteiger partial charge in [-0.05, 0) is 81.8 Å². The smallest absolute Gasteiger partial charge is 0.264 e. The first-order valence-electron chi connectivity index (χ1n) is 14.8. The number of hydrogen-bond donors (Lipinski definition) is 1. The molecule has 1 aliphatic rings. The van der Waals surface area contributed by atoms with Crippen LogP contribution >= 0.6 is 0 Å². The molecule has 2 amide bonds. The summed E-state index contributed by atoms with van der Waals surface area (Å²) in [6.07, 6.45) is 4.43. The zero-order chi connectivity index (χ0) is 30.4. The van der Waals surface area contributed by atoms with Crippen LogP contribution in [0.4, 0.5) is 5.69 Å². The maximum atomic E-state index is 14.3. The number of carbonyl (C=O) groups excluding carboxylic acids is 2. The summed E-state index contributed by atoms with van der Waals surface area (Å²) in [6, 6.07) is 19.3. The summed E-state index contributed by atoms with van der Waals surface area (Å²) in [5, 5.41) is 3.16. The molecule has 1 saturated carbocycles. The van der Waals surface area contributed by atoms with Gasteiger partial charge in [0.05, 0.1) is 10.6 Å². The highest BCUT2D eigenvalue weighted by Gasteiger charge is 2.35. The fourth-order valence-corrected chi connectivity index (χ4v) is 7.17. The molecule has 1 N–H and O–H groups in total. The zero-order valence-corrected chi connectivity index (χ0v) is 26.2. The third-order valence-corrected chi connectivity index (χ3v) is 9.97. The van der Waals surface area contributed by atoms with Gasteiger partial charge in [0, 0.05) is 12.6 Å². The van der Waals surface area contributed by atoms with Crippen LogP contribution in [0.15, 0.2) is 71.6 Å². The summed E-state index contributed by atoms with van der Waals surface area (Å²) < 4.78 is 29.5. The van der Waals surface area contributed by atoms with Gasteiger partial charge in [0.1, 0.15) is 12.6 Å². The van der Waals surface area contributed by atoms with Crippen molar-refractivity contribution < 1.29 is 18.0 Å². The second-order valence-corrected chi connectivity index (χ2v) is 13.3. The van der Waals surface area contributed by atoms with Crippen LogP contribution in [-0.2, 0) is 26.2 Å². The number of nitrogens with one attached hydrogen (secondary N) is 1. The van der Waals surface area contributed by atoms with Crippen molar-refractivity contribution in [2.45, 2.75) is 90.2 Å². The molecular weight excluding hydrogens is 546 g/mol. The van der Waals surface area contributed by atoms with Gasteiger partial charge in [0.15, 0.2) is 0 Å². The molecule has 1 atom stereocenters. The standard InChI is InChI=1S/C34H43N3O4S/c1-6-31(34(39)35-29-13-9-10-14-29)36(22-28-12-8-7-11-26(28)4)33(38)23-37(32-20-17-25(3)21-27(32)5)42(40,41)30-18-15-24(2)16-19-30/h7-8,11-12,15-21,29,31H,6,9-10,13-14,22-23H2,1-5H3,(H,35,39). The average Bonchev–Trinajstić information content (AvgIpc) is 3.46. The highest BCUT2D eigenvalue weighted by molar-refractivity contribution is 7.92. The number of amides is 2. The van der Waals surface area contributed by atoms with E-state index in [0.29, 0.717) is 12.1 Å². The van der Waals surface area contributed by atoms with Crippen molar-refractivity contribution in [2.75, 3.05) is 10.8 Å². The van der Waals surface area contributed by atoms with E-state index in [2.05, 4.69) is 5.32 Å². The van der Waals surface area contributed by atoms with Crippen LogP contribution in [-0.4, -0.2) is 43.8 Å². The number of sulfonamides is 1. The monoisotopic (exact) mass is 589 g/mol. The van der Waals surface area contributed by atoms with E-state index < -0.39 is 28.5 Å². The minimum absolute atomic E-state index is 0.107. The number of benzene rings is 3. The van der Waals surface area contributed by atoms with E-state index in [9.17, 15) is 18.0 Å². The molecule has 0 radical (unpaired) electrons.